The number of carbonyl (C=O) groups is 4. The van der Waals surface area contributed by atoms with Gasteiger partial charge in [0.15, 0.2) is 6.61 Å². The van der Waals surface area contributed by atoms with Gasteiger partial charge in [-0.2, -0.15) is 0 Å². The first-order chi connectivity index (χ1) is 17.2. The maximum absolute atomic E-state index is 12.9. The van der Waals surface area contributed by atoms with E-state index in [0.717, 1.165) is 16.0 Å². The van der Waals surface area contributed by atoms with Gasteiger partial charge in [-0.1, -0.05) is 41.9 Å². The van der Waals surface area contributed by atoms with E-state index in [1.807, 2.05) is 32.0 Å². The van der Waals surface area contributed by atoms with Crippen molar-refractivity contribution in [3.8, 4) is 5.75 Å². The molecule has 36 heavy (non-hydrogen) atoms. The molecule has 2 N–H and O–H groups in total. The smallest absolute Gasteiger partial charge is 0.335 e. The van der Waals surface area contributed by atoms with E-state index < -0.39 is 17.8 Å². The van der Waals surface area contributed by atoms with Gasteiger partial charge in [-0.3, -0.25) is 19.7 Å². The van der Waals surface area contributed by atoms with Crippen LogP contribution in [0.25, 0.3) is 6.08 Å². The maximum Gasteiger partial charge on any atom is 0.335 e. The van der Waals surface area contributed by atoms with Crippen LogP contribution in [0.2, 0.25) is 5.02 Å². The number of hydrogen-bond acceptors (Lipinski definition) is 5. The van der Waals surface area contributed by atoms with Crippen LogP contribution in [0, 0.1) is 13.8 Å². The Labute approximate surface area is 212 Å². The number of ether oxygens (including phenoxy) is 1. The third kappa shape index (κ3) is 5.45. The lowest BCUT2D eigenvalue weighted by molar-refractivity contribution is -0.122. The molecule has 182 valence electrons. The van der Waals surface area contributed by atoms with Gasteiger partial charge in [0.25, 0.3) is 17.7 Å². The van der Waals surface area contributed by atoms with Crippen LogP contribution in [0.4, 0.5) is 16.2 Å². The van der Waals surface area contributed by atoms with E-state index in [-0.39, 0.29) is 28.9 Å². The number of barbiturate groups is 1. The number of para-hydroxylation sites is 1. The Morgan fingerprint density at radius 2 is 1.75 bits per heavy atom. The second kappa shape index (κ2) is 10.5. The molecule has 0 saturated carbocycles. The third-order valence-corrected chi connectivity index (χ3v) is 5.83. The van der Waals surface area contributed by atoms with Gasteiger partial charge < -0.3 is 10.1 Å². The van der Waals surface area contributed by atoms with Crippen molar-refractivity contribution in [2.24, 2.45) is 0 Å². The molecule has 4 rings (SSSR count). The molecule has 9 heteroatoms. The molecule has 0 unspecified atom stereocenters. The highest BCUT2D eigenvalue weighted by atomic mass is 35.5. The Hall–Kier alpha value is -4.43. The number of imide groups is 2. The van der Waals surface area contributed by atoms with E-state index >= 15 is 0 Å². The largest absolute Gasteiger partial charge is 0.482 e. The summed E-state index contributed by atoms with van der Waals surface area (Å²) in [6.45, 7) is 3.68. The zero-order valence-corrected chi connectivity index (χ0v) is 20.3. The lowest BCUT2D eigenvalue weighted by Gasteiger charge is -2.26. The molecule has 3 aromatic rings. The fourth-order valence-electron chi connectivity index (χ4n) is 3.52. The van der Waals surface area contributed by atoms with Crippen molar-refractivity contribution in [3.63, 3.8) is 0 Å². The Balaban J connectivity index is 1.46. The van der Waals surface area contributed by atoms with Crippen molar-refractivity contribution < 1.29 is 23.9 Å². The molecular formula is C27H22ClN3O5. The van der Waals surface area contributed by atoms with Crippen LogP contribution >= 0.6 is 11.6 Å². The van der Waals surface area contributed by atoms with Gasteiger partial charge in [0.2, 0.25) is 0 Å². The average molecular weight is 504 g/mol. The number of benzene rings is 3. The second-order valence-corrected chi connectivity index (χ2v) is 8.53. The van der Waals surface area contributed by atoms with Crippen LogP contribution in [0.1, 0.15) is 16.7 Å². The Morgan fingerprint density at radius 3 is 2.44 bits per heavy atom. The SMILES string of the molecule is Cc1ccc(NC(=O)COc2ccc(/C=C3/C(=O)NC(=O)N(c4ccccc4)C3=O)cc2Cl)cc1C. The molecule has 1 heterocycles. The molecule has 1 aliphatic rings. The Bertz CT molecular complexity index is 1400. The van der Waals surface area contributed by atoms with Gasteiger partial charge in [-0.15, -0.1) is 0 Å². The summed E-state index contributed by atoms with van der Waals surface area (Å²) < 4.78 is 5.54. The number of anilines is 2. The monoisotopic (exact) mass is 503 g/mol. The number of amides is 5. The molecule has 0 spiro atoms. The minimum absolute atomic E-state index is 0.183. The number of urea groups is 1. The van der Waals surface area contributed by atoms with Crippen molar-refractivity contribution >= 4 is 52.8 Å². The fraction of sp³-hybridized carbons (Fsp3) is 0.111. The molecule has 8 nitrogen and oxygen atoms in total. The average Bonchev–Trinajstić information content (AvgIpc) is 2.84. The van der Waals surface area contributed by atoms with E-state index in [9.17, 15) is 19.2 Å². The first-order valence-electron chi connectivity index (χ1n) is 11.0. The summed E-state index contributed by atoms with van der Waals surface area (Å²) in [6, 6.07) is 17.7. The van der Waals surface area contributed by atoms with E-state index in [1.54, 1.807) is 36.4 Å². The van der Waals surface area contributed by atoms with Crippen molar-refractivity contribution in [2.75, 3.05) is 16.8 Å². The summed E-state index contributed by atoms with van der Waals surface area (Å²) in [5, 5.41) is 5.12. The fourth-order valence-corrected chi connectivity index (χ4v) is 3.76. The number of hydrogen-bond donors (Lipinski definition) is 2. The van der Waals surface area contributed by atoms with Crippen LogP contribution in [-0.4, -0.2) is 30.4 Å². The number of rotatable bonds is 6. The molecule has 0 radical (unpaired) electrons. The molecule has 3 aromatic carbocycles. The van der Waals surface area contributed by atoms with E-state index in [2.05, 4.69) is 10.6 Å². The van der Waals surface area contributed by atoms with Gasteiger partial charge in [0.1, 0.15) is 11.3 Å². The summed E-state index contributed by atoms with van der Waals surface area (Å²) >= 11 is 6.31. The van der Waals surface area contributed by atoms with Gasteiger partial charge in [-0.25, -0.2) is 9.69 Å². The highest BCUT2D eigenvalue weighted by Gasteiger charge is 2.36. The predicted octanol–water partition coefficient (Wildman–Crippen LogP) is 4.64. The number of halogens is 1. The van der Waals surface area contributed by atoms with Gasteiger partial charge in [-0.05, 0) is 73.0 Å². The molecular weight excluding hydrogens is 482 g/mol. The third-order valence-electron chi connectivity index (χ3n) is 5.53. The maximum atomic E-state index is 12.9. The first kappa shape index (κ1) is 24.7. The summed E-state index contributed by atoms with van der Waals surface area (Å²) in [4.78, 5) is 50.7. The van der Waals surface area contributed by atoms with Crippen LogP contribution in [0.3, 0.4) is 0 Å². The Morgan fingerprint density at radius 1 is 1.00 bits per heavy atom. The summed E-state index contributed by atoms with van der Waals surface area (Å²) in [6.07, 6.45) is 1.34. The van der Waals surface area contributed by atoms with Gasteiger partial charge in [0, 0.05) is 5.69 Å². The summed E-state index contributed by atoms with van der Waals surface area (Å²) in [7, 11) is 0. The topological polar surface area (TPSA) is 105 Å². The van der Waals surface area contributed by atoms with Crippen molar-refractivity contribution in [1.29, 1.82) is 0 Å². The molecule has 1 aliphatic heterocycles. The number of carbonyl (C=O) groups excluding carboxylic acids is 4. The lowest BCUT2D eigenvalue weighted by atomic mass is 10.1. The van der Waals surface area contributed by atoms with E-state index in [0.29, 0.717) is 16.9 Å². The van der Waals surface area contributed by atoms with Crippen molar-refractivity contribution in [1.82, 2.24) is 5.32 Å². The quantitative estimate of drug-likeness (QED) is 0.376. The minimum Gasteiger partial charge on any atom is -0.482 e. The normalized spacial score (nSPS) is 14.6. The van der Waals surface area contributed by atoms with Crippen LogP contribution in [0.5, 0.6) is 5.75 Å². The van der Waals surface area contributed by atoms with Gasteiger partial charge >= 0.3 is 6.03 Å². The zero-order valence-electron chi connectivity index (χ0n) is 19.5. The van der Waals surface area contributed by atoms with Crippen LogP contribution in [-0.2, 0) is 14.4 Å². The molecule has 0 aliphatic carbocycles. The molecule has 1 fully saturated rings. The molecule has 5 amide bonds. The molecule has 0 bridgehead atoms. The molecule has 0 aromatic heterocycles. The van der Waals surface area contributed by atoms with E-state index in [4.69, 9.17) is 16.3 Å². The number of nitrogens with one attached hydrogen (secondary N) is 2. The molecule has 1 saturated heterocycles. The number of aryl methyl sites for hydroxylation is 2. The summed E-state index contributed by atoms with van der Waals surface area (Å²) in [5.41, 5.74) is 3.39. The second-order valence-electron chi connectivity index (χ2n) is 8.12. The number of nitrogens with zero attached hydrogens (tertiary/aromatic N) is 1. The van der Waals surface area contributed by atoms with Crippen molar-refractivity contribution in [3.05, 3.63) is 94.0 Å². The van der Waals surface area contributed by atoms with Gasteiger partial charge in [0.05, 0.1) is 10.7 Å². The first-order valence-corrected chi connectivity index (χ1v) is 11.4. The molecule has 0 atom stereocenters. The zero-order chi connectivity index (χ0) is 25.8. The highest BCUT2D eigenvalue weighted by molar-refractivity contribution is 6.39. The standard InChI is InChI=1S/C27H22ClN3O5/c1-16-8-10-19(12-17(16)2)29-24(32)15-36-23-11-9-18(14-22(23)28)13-21-25(33)30-27(35)31(26(21)34)20-6-4-3-5-7-20/h3-14H,15H2,1-2H3,(H,29,32)(H,30,33,35)/b21-13-. The summed E-state index contributed by atoms with van der Waals surface area (Å²) in [5.74, 6) is -1.66. The van der Waals surface area contributed by atoms with Crippen LogP contribution in [0.15, 0.2) is 72.3 Å². The Kier molecular flexibility index (Phi) is 7.17. The highest BCUT2D eigenvalue weighted by Crippen LogP contribution is 2.28. The van der Waals surface area contributed by atoms with Crippen molar-refractivity contribution in [2.45, 2.75) is 13.8 Å². The predicted molar refractivity (Wildman–Crippen MR) is 137 cm³/mol. The minimum atomic E-state index is -0.825. The lowest BCUT2D eigenvalue weighted by Crippen LogP contribution is -2.54. The van der Waals surface area contributed by atoms with E-state index in [1.165, 1.54) is 18.2 Å². The van der Waals surface area contributed by atoms with Crippen LogP contribution < -0.4 is 20.3 Å².